The molecule has 0 fully saturated rings. The minimum absolute atomic E-state index is 0. The van der Waals surface area contributed by atoms with Crippen molar-refractivity contribution in [2.45, 2.75) is 13.0 Å². The molecular formula is C20H23ClN2O. The topological polar surface area (TPSA) is 16.4 Å². The highest BCUT2D eigenvalue weighted by Crippen LogP contribution is 2.25. The summed E-state index contributed by atoms with van der Waals surface area (Å²) >= 11 is 0. The predicted molar refractivity (Wildman–Crippen MR) is 95.0 cm³/mol. The molecule has 0 aliphatic carbocycles. The highest BCUT2D eigenvalue weighted by molar-refractivity contribution is 5.88. The minimum atomic E-state index is 0. The van der Waals surface area contributed by atoms with E-state index < -0.39 is 0 Å². The lowest BCUT2D eigenvalue weighted by atomic mass is 10.1. The van der Waals surface area contributed by atoms with Gasteiger partial charge in [0.15, 0.2) is 18.9 Å². The van der Waals surface area contributed by atoms with Crippen LogP contribution in [0, 0.1) is 0 Å². The van der Waals surface area contributed by atoms with Gasteiger partial charge in [-0.15, -0.1) is 0 Å². The zero-order valence-electron chi connectivity index (χ0n) is 14.2. The van der Waals surface area contributed by atoms with Gasteiger partial charge < -0.3 is 22.0 Å². The average Bonchev–Trinajstić information content (AvgIpc) is 2.59. The Kier molecular flexibility index (Phi) is 6.44. The quantitative estimate of drug-likeness (QED) is 0.483. The van der Waals surface area contributed by atoms with Crippen molar-refractivity contribution in [2.24, 2.45) is 0 Å². The molecule has 3 rings (SSSR count). The molecule has 0 saturated heterocycles. The molecule has 2 aromatic carbocycles. The lowest BCUT2D eigenvalue weighted by Crippen LogP contribution is -3.00. The highest BCUT2D eigenvalue weighted by Gasteiger charge is 2.04. The van der Waals surface area contributed by atoms with E-state index in [1.54, 1.807) is 0 Å². The van der Waals surface area contributed by atoms with E-state index in [-0.39, 0.29) is 12.4 Å². The van der Waals surface area contributed by atoms with Crippen LogP contribution >= 0.6 is 0 Å². The molecule has 126 valence electrons. The maximum Gasteiger partial charge on any atom is 0.170 e. The van der Waals surface area contributed by atoms with Crippen molar-refractivity contribution >= 4 is 16.5 Å². The van der Waals surface area contributed by atoms with Crippen LogP contribution in [-0.4, -0.2) is 20.7 Å². The second-order valence-electron chi connectivity index (χ2n) is 5.87. The number of ether oxygens (including phenoxy) is 1. The van der Waals surface area contributed by atoms with Gasteiger partial charge >= 0.3 is 0 Å². The largest absolute Gasteiger partial charge is 1.00 e. The molecule has 0 saturated carbocycles. The summed E-state index contributed by atoms with van der Waals surface area (Å²) in [4.78, 5) is 2.11. The first-order valence-electron chi connectivity index (χ1n) is 8.01. The van der Waals surface area contributed by atoms with Gasteiger partial charge in [-0.2, -0.15) is 0 Å². The van der Waals surface area contributed by atoms with Crippen molar-refractivity contribution in [3.05, 3.63) is 67.0 Å². The number of rotatable bonds is 6. The number of pyridine rings is 1. The third kappa shape index (κ3) is 4.39. The van der Waals surface area contributed by atoms with Gasteiger partial charge in [0.05, 0.1) is 6.61 Å². The fraction of sp³-hybridized carbons (Fsp3) is 0.250. The third-order valence-corrected chi connectivity index (χ3v) is 3.96. The Labute approximate surface area is 149 Å². The molecule has 0 unspecified atom stereocenters. The Bertz CT molecular complexity index is 767. The van der Waals surface area contributed by atoms with Crippen LogP contribution < -0.4 is 26.6 Å². The maximum absolute atomic E-state index is 5.98. The Morgan fingerprint density at radius 1 is 0.917 bits per heavy atom. The van der Waals surface area contributed by atoms with E-state index in [2.05, 4.69) is 78.4 Å². The van der Waals surface area contributed by atoms with E-state index in [0.29, 0.717) is 0 Å². The van der Waals surface area contributed by atoms with Gasteiger partial charge in [0.1, 0.15) is 5.75 Å². The number of halogens is 1. The van der Waals surface area contributed by atoms with Crippen molar-refractivity contribution in [2.75, 3.05) is 25.6 Å². The summed E-state index contributed by atoms with van der Waals surface area (Å²) in [6.07, 6.45) is 5.22. The number of hydrogen-bond donors (Lipinski definition) is 0. The Hall–Kier alpha value is -2.26. The smallest absolute Gasteiger partial charge is 0.170 e. The summed E-state index contributed by atoms with van der Waals surface area (Å²) in [5.41, 5.74) is 1.22. The van der Waals surface area contributed by atoms with Crippen LogP contribution in [0.15, 0.2) is 67.0 Å². The van der Waals surface area contributed by atoms with Gasteiger partial charge in [0, 0.05) is 43.7 Å². The standard InChI is InChI=1S/C20H23N2O.ClH/c1-21(2)18-11-14-22(15-12-18)13-6-16-23-20-10-5-8-17-7-3-4-9-19(17)20;/h3-5,7-12,14-15H,6,13,16H2,1-2H3;1H/q+1;/p-1. The Morgan fingerprint density at radius 2 is 1.62 bits per heavy atom. The number of aryl methyl sites for hydroxylation is 1. The number of nitrogens with zero attached hydrogens (tertiary/aromatic N) is 2. The van der Waals surface area contributed by atoms with E-state index in [9.17, 15) is 0 Å². The molecule has 0 N–H and O–H groups in total. The molecule has 1 aromatic heterocycles. The average molecular weight is 343 g/mol. The van der Waals surface area contributed by atoms with Crippen molar-refractivity contribution in [3.63, 3.8) is 0 Å². The molecule has 0 amide bonds. The van der Waals surface area contributed by atoms with Gasteiger partial charge in [0.25, 0.3) is 0 Å². The maximum atomic E-state index is 5.98. The first-order chi connectivity index (χ1) is 11.2. The summed E-state index contributed by atoms with van der Waals surface area (Å²) in [5.74, 6) is 0.969. The van der Waals surface area contributed by atoms with Crippen LogP contribution in [0.3, 0.4) is 0 Å². The SMILES string of the molecule is CN(C)c1cc[n+](CCCOc2cccc3ccccc23)cc1.[Cl-]. The molecular weight excluding hydrogens is 320 g/mol. The molecule has 3 aromatic rings. The number of benzene rings is 2. The van der Waals surface area contributed by atoms with Crippen molar-refractivity contribution in [1.82, 2.24) is 0 Å². The summed E-state index contributed by atoms with van der Waals surface area (Å²) in [6.45, 7) is 1.68. The molecule has 0 bridgehead atoms. The predicted octanol–water partition coefficient (Wildman–Crippen LogP) is 0.666. The molecule has 24 heavy (non-hydrogen) atoms. The Morgan fingerprint density at radius 3 is 2.38 bits per heavy atom. The minimum Gasteiger partial charge on any atom is -1.00 e. The van der Waals surface area contributed by atoms with Crippen LogP contribution in [0.2, 0.25) is 0 Å². The molecule has 0 atom stereocenters. The summed E-state index contributed by atoms with van der Waals surface area (Å²) in [6, 6.07) is 18.8. The third-order valence-electron chi connectivity index (χ3n) is 3.96. The second-order valence-corrected chi connectivity index (χ2v) is 5.87. The van der Waals surface area contributed by atoms with Crippen LogP contribution in [0.5, 0.6) is 5.75 Å². The van der Waals surface area contributed by atoms with Crippen LogP contribution in [-0.2, 0) is 6.54 Å². The normalized spacial score (nSPS) is 10.2. The molecule has 0 radical (unpaired) electrons. The number of anilines is 1. The van der Waals surface area contributed by atoms with E-state index in [1.165, 1.54) is 16.5 Å². The van der Waals surface area contributed by atoms with Crippen LogP contribution in [0.25, 0.3) is 10.8 Å². The molecule has 0 aliphatic heterocycles. The number of hydrogen-bond acceptors (Lipinski definition) is 2. The molecule has 0 aliphatic rings. The highest BCUT2D eigenvalue weighted by atomic mass is 35.5. The lowest BCUT2D eigenvalue weighted by molar-refractivity contribution is -0.697. The first kappa shape index (κ1) is 18.1. The number of fused-ring (bicyclic) bond motifs is 1. The summed E-state index contributed by atoms with van der Waals surface area (Å²) in [7, 11) is 4.11. The first-order valence-corrected chi connectivity index (χ1v) is 8.01. The van der Waals surface area contributed by atoms with E-state index in [1.807, 2.05) is 12.1 Å². The Balaban J connectivity index is 0.00000208. The fourth-order valence-electron chi connectivity index (χ4n) is 2.65. The van der Waals surface area contributed by atoms with Crippen molar-refractivity contribution in [1.29, 1.82) is 0 Å². The monoisotopic (exact) mass is 342 g/mol. The van der Waals surface area contributed by atoms with Crippen LogP contribution in [0.4, 0.5) is 5.69 Å². The van der Waals surface area contributed by atoms with E-state index >= 15 is 0 Å². The second kappa shape index (κ2) is 8.55. The van der Waals surface area contributed by atoms with Crippen molar-refractivity contribution in [3.8, 4) is 5.75 Å². The van der Waals surface area contributed by atoms with E-state index in [0.717, 1.165) is 25.3 Å². The fourth-order valence-corrected chi connectivity index (χ4v) is 2.65. The summed E-state index contributed by atoms with van der Waals surface area (Å²) in [5, 5.41) is 2.40. The van der Waals surface area contributed by atoms with Crippen molar-refractivity contribution < 1.29 is 21.7 Å². The zero-order chi connectivity index (χ0) is 16.1. The number of aromatic nitrogens is 1. The van der Waals surface area contributed by atoms with Gasteiger partial charge in [0.2, 0.25) is 0 Å². The zero-order valence-corrected chi connectivity index (χ0v) is 14.9. The molecule has 1 heterocycles. The van der Waals surface area contributed by atoms with Crippen LogP contribution in [0.1, 0.15) is 6.42 Å². The van der Waals surface area contributed by atoms with E-state index in [4.69, 9.17) is 4.74 Å². The van der Waals surface area contributed by atoms with Gasteiger partial charge in [-0.3, -0.25) is 0 Å². The molecule has 0 spiro atoms. The molecule has 4 heteroatoms. The molecule has 3 nitrogen and oxygen atoms in total. The summed E-state index contributed by atoms with van der Waals surface area (Å²) < 4.78 is 8.18. The van der Waals surface area contributed by atoms with Gasteiger partial charge in [-0.25, -0.2) is 4.57 Å². The van der Waals surface area contributed by atoms with Gasteiger partial charge in [-0.1, -0.05) is 36.4 Å². The van der Waals surface area contributed by atoms with Gasteiger partial charge in [-0.05, 0) is 11.5 Å². The lowest BCUT2D eigenvalue weighted by Gasteiger charge is -2.10.